The van der Waals surface area contributed by atoms with E-state index in [1.54, 1.807) is 11.2 Å². The average Bonchev–Trinajstić information content (AvgIpc) is 2.19. The zero-order valence-corrected chi connectivity index (χ0v) is 7.65. The van der Waals surface area contributed by atoms with Crippen molar-refractivity contribution in [1.82, 2.24) is 5.53 Å². The Morgan fingerprint density at radius 2 is 2.00 bits per heavy atom. The Bertz CT molecular complexity index is 346. The van der Waals surface area contributed by atoms with Gasteiger partial charge in [0.1, 0.15) is 5.03 Å². The molecule has 0 bridgehead atoms. The van der Waals surface area contributed by atoms with Crippen LogP contribution in [0, 0.1) is 0 Å². The second kappa shape index (κ2) is 3.49. The number of thiol groups is 1. The Labute approximate surface area is 81.3 Å². The molecule has 0 saturated heterocycles. The van der Waals surface area contributed by atoms with Crippen LogP contribution in [-0.2, 0) is 0 Å². The van der Waals surface area contributed by atoms with Gasteiger partial charge in [-0.15, -0.1) is 17.7 Å². The first-order valence-electron chi connectivity index (χ1n) is 3.78. The second-order valence-electron chi connectivity index (χ2n) is 2.49. The Morgan fingerprint density at radius 1 is 1.23 bits per heavy atom. The lowest BCUT2D eigenvalue weighted by atomic mass is 10.3. The summed E-state index contributed by atoms with van der Waals surface area (Å²) >= 11 is 4.09. The van der Waals surface area contributed by atoms with Crippen molar-refractivity contribution < 1.29 is 0 Å². The van der Waals surface area contributed by atoms with Gasteiger partial charge in [0.05, 0.1) is 11.9 Å². The first-order chi connectivity index (χ1) is 6.36. The topological polar surface area (TPSA) is 40.0 Å². The minimum absolute atomic E-state index is 0.572. The van der Waals surface area contributed by atoms with E-state index in [0.717, 1.165) is 5.69 Å². The van der Waals surface area contributed by atoms with Crippen LogP contribution in [0.4, 0.5) is 5.69 Å². The number of anilines is 1. The van der Waals surface area contributed by atoms with Crippen molar-refractivity contribution >= 4 is 18.3 Å². The third-order valence-corrected chi connectivity index (χ3v) is 1.79. The Kier molecular flexibility index (Phi) is 2.18. The van der Waals surface area contributed by atoms with E-state index >= 15 is 0 Å². The summed E-state index contributed by atoms with van der Waals surface area (Å²) in [5, 5.41) is 9.69. The first kappa shape index (κ1) is 8.12. The molecule has 0 atom stereocenters. The average molecular weight is 192 g/mol. The summed E-state index contributed by atoms with van der Waals surface area (Å²) in [5.41, 5.74) is 3.73. The maximum atomic E-state index is 4.09. The standard InChI is InChI=1S/C8H8N4S/c13-8-6-12(11-10-9-8)7-4-2-1-3-5-7/h1-6,13H,(H,9,11). The minimum atomic E-state index is 0.572. The monoisotopic (exact) mass is 192 g/mol. The number of para-hydroxylation sites is 1. The third kappa shape index (κ3) is 1.81. The summed E-state index contributed by atoms with van der Waals surface area (Å²) in [7, 11) is 0. The fraction of sp³-hybridized carbons (Fsp3) is 0. The van der Waals surface area contributed by atoms with Crippen LogP contribution < -0.4 is 10.5 Å². The van der Waals surface area contributed by atoms with E-state index in [1.807, 2.05) is 30.3 Å². The summed E-state index contributed by atoms with van der Waals surface area (Å²) in [6.07, 6.45) is 1.76. The number of benzene rings is 1. The summed E-state index contributed by atoms with van der Waals surface area (Å²) in [6.45, 7) is 0. The molecule has 0 aromatic heterocycles. The molecule has 13 heavy (non-hydrogen) atoms. The van der Waals surface area contributed by atoms with Crippen molar-refractivity contribution in [2.75, 3.05) is 5.01 Å². The summed E-state index contributed by atoms with van der Waals surface area (Å²) < 4.78 is 0. The van der Waals surface area contributed by atoms with Gasteiger partial charge in [0.25, 0.3) is 0 Å². The van der Waals surface area contributed by atoms with Crippen molar-refractivity contribution in [3.8, 4) is 0 Å². The van der Waals surface area contributed by atoms with Crippen LogP contribution in [0.25, 0.3) is 0 Å². The SMILES string of the molecule is SC1=CN(c2ccccc2)NN=N1. The smallest absolute Gasteiger partial charge is 0.136 e. The summed E-state index contributed by atoms with van der Waals surface area (Å²) in [5.74, 6) is 0. The van der Waals surface area contributed by atoms with Crippen molar-refractivity contribution in [2.24, 2.45) is 10.3 Å². The van der Waals surface area contributed by atoms with Crippen LogP contribution >= 0.6 is 12.6 Å². The minimum Gasteiger partial charge on any atom is -0.244 e. The largest absolute Gasteiger partial charge is 0.244 e. The molecule has 0 unspecified atom stereocenters. The fourth-order valence-electron chi connectivity index (χ4n) is 1.01. The third-order valence-electron chi connectivity index (χ3n) is 1.58. The summed E-state index contributed by atoms with van der Waals surface area (Å²) in [4.78, 5) is 0. The molecule has 1 heterocycles. The number of hydrogen-bond donors (Lipinski definition) is 2. The van der Waals surface area contributed by atoms with Crippen molar-refractivity contribution in [2.45, 2.75) is 0 Å². The molecule has 0 radical (unpaired) electrons. The van der Waals surface area contributed by atoms with E-state index in [0.29, 0.717) is 5.03 Å². The lowest BCUT2D eigenvalue weighted by Gasteiger charge is -2.20. The van der Waals surface area contributed by atoms with Crippen LogP contribution in [0.15, 0.2) is 51.9 Å². The van der Waals surface area contributed by atoms with E-state index in [9.17, 15) is 0 Å². The van der Waals surface area contributed by atoms with Crippen molar-refractivity contribution in [3.05, 3.63) is 41.6 Å². The van der Waals surface area contributed by atoms with Gasteiger partial charge >= 0.3 is 0 Å². The summed E-state index contributed by atoms with van der Waals surface area (Å²) in [6, 6.07) is 9.79. The molecule has 1 N–H and O–H groups in total. The highest BCUT2D eigenvalue weighted by molar-refractivity contribution is 7.84. The molecule has 1 aliphatic heterocycles. The quantitative estimate of drug-likeness (QED) is 0.669. The molecule has 4 nitrogen and oxygen atoms in total. The van der Waals surface area contributed by atoms with Gasteiger partial charge in [0.2, 0.25) is 0 Å². The van der Waals surface area contributed by atoms with Crippen LogP contribution in [0.3, 0.4) is 0 Å². The lowest BCUT2D eigenvalue weighted by Crippen LogP contribution is -2.30. The van der Waals surface area contributed by atoms with E-state index < -0.39 is 0 Å². The van der Waals surface area contributed by atoms with E-state index in [4.69, 9.17) is 0 Å². The molecule has 0 saturated carbocycles. The van der Waals surface area contributed by atoms with Crippen LogP contribution in [0.2, 0.25) is 0 Å². The molecule has 1 aromatic rings. The predicted octanol–water partition coefficient (Wildman–Crippen LogP) is 2.11. The van der Waals surface area contributed by atoms with Gasteiger partial charge in [-0.05, 0) is 12.1 Å². The van der Waals surface area contributed by atoms with Crippen LogP contribution in [0.5, 0.6) is 0 Å². The van der Waals surface area contributed by atoms with Gasteiger partial charge in [0.15, 0.2) is 0 Å². The molecule has 0 amide bonds. The zero-order chi connectivity index (χ0) is 9.10. The van der Waals surface area contributed by atoms with Crippen LogP contribution in [-0.4, -0.2) is 0 Å². The van der Waals surface area contributed by atoms with Crippen LogP contribution in [0.1, 0.15) is 0 Å². The highest BCUT2D eigenvalue weighted by Crippen LogP contribution is 2.16. The molecule has 66 valence electrons. The van der Waals surface area contributed by atoms with Gasteiger partial charge in [-0.2, -0.15) is 5.53 Å². The van der Waals surface area contributed by atoms with Crippen molar-refractivity contribution in [3.63, 3.8) is 0 Å². The Hall–Kier alpha value is -1.49. The molecule has 0 aliphatic carbocycles. The fourth-order valence-corrected chi connectivity index (χ4v) is 1.17. The molecular weight excluding hydrogens is 184 g/mol. The molecular formula is C8H8N4S. The number of rotatable bonds is 1. The maximum absolute atomic E-state index is 4.09. The maximum Gasteiger partial charge on any atom is 0.136 e. The first-order valence-corrected chi connectivity index (χ1v) is 4.22. The number of hydrazine groups is 1. The number of hydrogen-bond acceptors (Lipinski definition) is 5. The normalized spacial score (nSPS) is 15.2. The number of nitrogens with one attached hydrogen (secondary N) is 1. The van der Waals surface area contributed by atoms with Gasteiger partial charge in [-0.25, -0.2) is 5.01 Å². The molecule has 2 rings (SSSR count). The number of nitrogens with zero attached hydrogens (tertiary/aromatic N) is 3. The molecule has 5 heteroatoms. The molecule has 1 aliphatic rings. The Morgan fingerprint density at radius 3 is 2.69 bits per heavy atom. The zero-order valence-electron chi connectivity index (χ0n) is 6.75. The van der Waals surface area contributed by atoms with E-state index in [1.165, 1.54) is 0 Å². The second-order valence-corrected chi connectivity index (χ2v) is 2.95. The molecule has 0 spiro atoms. The van der Waals surface area contributed by atoms with Crippen molar-refractivity contribution in [1.29, 1.82) is 0 Å². The van der Waals surface area contributed by atoms with Gasteiger partial charge in [-0.3, -0.25) is 0 Å². The van der Waals surface area contributed by atoms with E-state index in [-0.39, 0.29) is 0 Å². The highest BCUT2D eigenvalue weighted by atomic mass is 32.1. The Balaban J connectivity index is 2.24. The van der Waals surface area contributed by atoms with Gasteiger partial charge < -0.3 is 0 Å². The predicted molar refractivity (Wildman–Crippen MR) is 54.0 cm³/mol. The van der Waals surface area contributed by atoms with Gasteiger partial charge in [-0.1, -0.05) is 23.4 Å². The highest BCUT2D eigenvalue weighted by Gasteiger charge is 2.05. The molecule has 0 fully saturated rings. The molecule has 1 aromatic carbocycles. The lowest BCUT2D eigenvalue weighted by molar-refractivity contribution is 0.680. The van der Waals surface area contributed by atoms with E-state index in [2.05, 4.69) is 28.5 Å². The van der Waals surface area contributed by atoms with Gasteiger partial charge in [0, 0.05) is 0 Å².